The molecule has 70 valence electrons. The Morgan fingerprint density at radius 1 is 1.38 bits per heavy atom. The molecule has 0 saturated carbocycles. The molecule has 0 radical (unpaired) electrons. The van der Waals surface area contributed by atoms with Gasteiger partial charge in [-0.25, -0.2) is 0 Å². The number of rotatable bonds is 2. The first-order valence-corrected chi connectivity index (χ1v) is 4.14. The zero-order valence-corrected chi connectivity index (χ0v) is 8.32. The average Bonchev–Trinajstić information content (AvgIpc) is 2.03. The molecule has 0 saturated heterocycles. The molecule has 2 N–H and O–H groups in total. The van der Waals surface area contributed by atoms with Crippen molar-refractivity contribution in [1.29, 1.82) is 0 Å². The predicted octanol–water partition coefficient (Wildman–Crippen LogP) is 2.10. The molecule has 1 rings (SSSR count). The summed E-state index contributed by atoms with van der Waals surface area (Å²) in [6.07, 6.45) is 0. The first-order chi connectivity index (χ1) is 6.06. The Balaban J connectivity index is 3.30. The summed E-state index contributed by atoms with van der Waals surface area (Å²) >= 11 is 11.5. The van der Waals surface area contributed by atoms with Crippen molar-refractivity contribution in [3.63, 3.8) is 0 Å². The number of ether oxygens (including phenoxy) is 1. The van der Waals surface area contributed by atoms with Gasteiger partial charge in [0.05, 0.1) is 22.7 Å². The van der Waals surface area contributed by atoms with Crippen molar-refractivity contribution in [2.75, 3.05) is 7.11 Å². The van der Waals surface area contributed by atoms with Crippen molar-refractivity contribution in [2.24, 2.45) is 5.73 Å². The first kappa shape index (κ1) is 10.2. The Kier molecular flexibility index (Phi) is 3.01. The van der Waals surface area contributed by atoms with E-state index >= 15 is 0 Å². The molecular formula is C8H7Cl2NO2. The van der Waals surface area contributed by atoms with Crippen molar-refractivity contribution in [3.05, 3.63) is 27.7 Å². The van der Waals surface area contributed by atoms with Gasteiger partial charge in [0.1, 0.15) is 5.75 Å². The van der Waals surface area contributed by atoms with E-state index in [-0.39, 0.29) is 10.6 Å². The Bertz CT molecular complexity index is 352. The van der Waals surface area contributed by atoms with Crippen LogP contribution in [0.15, 0.2) is 12.1 Å². The van der Waals surface area contributed by atoms with Crippen LogP contribution in [0.4, 0.5) is 0 Å². The van der Waals surface area contributed by atoms with Crippen LogP contribution in [0.2, 0.25) is 10.0 Å². The van der Waals surface area contributed by atoms with Gasteiger partial charge >= 0.3 is 0 Å². The van der Waals surface area contributed by atoms with Gasteiger partial charge in [-0.15, -0.1) is 0 Å². The van der Waals surface area contributed by atoms with Gasteiger partial charge in [-0.2, -0.15) is 0 Å². The van der Waals surface area contributed by atoms with Crippen LogP contribution in [-0.2, 0) is 0 Å². The third-order valence-corrected chi connectivity index (χ3v) is 2.12. The van der Waals surface area contributed by atoms with Gasteiger partial charge < -0.3 is 10.5 Å². The Morgan fingerprint density at radius 3 is 2.46 bits per heavy atom. The van der Waals surface area contributed by atoms with Crippen LogP contribution in [-0.4, -0.2) is 13.0 Å². The van der Waals surface area contributed by atoms with Crippen molar-refractivity contribution >= 4 is 29.1 Å². The van der Waals surface area contributed by atoms with E-state index in [9.17, 15) is 4.79 Å². The topological polar surface area (TPSA) is 52.3 Å². The number of amides is 1. The van der Waals surface area contributed by atoms with Crippen LogP contribution in [0.25, 0.3) is 0 Å². The average molecular weight is 220 g/mol. The van der Waals surface area contributed by atoms with Crippen LogP contribution in [0.3, 0.4) is 0 Å². The summed E-state index contributed by atoms with van der Waals surface area (Å²) in [5.41, 5.74) is 5.26. The van der Waals surface area contributed by atoms with Crippen molar-refractivity contribution in [3.8, 4) is 5.75 Å². The number of hydrogen-bond donors (Lipinski definition) is 1. The van der Waals surface area contributed by atoms with Gasteiger partial charge in [0.2, 0.25) is 5.91 Å². The number of carbonyl (C=O) groups excluding carboxylic acids is 1. The fraction of sp³-hybridized carbons (Fsp3) is 0.125. The highest BCUT2D eigenvalue weighted by atomic mass is 35.5. The SMILES string of the molecule is COc1cc(C(N)=O)c(Cl)cc1Cl. The van der Waals surface area contributed by atoms with E-state index in [1.54, 1.807) is 0 Å². The first-order valence-electron chi connectivity index (χ1n) is 3.39. The number of nitrogens with two attached hydrogens (primary N) is 1. The summed E-state index contributed by atoms with van der Waals surface area (Å²) in [5, 5.41) is 0.566. The molecule has 0 unspecified atom stereocenters. The fourth-order valence-corrected chi connectivity index (χ4v) is 1.43. The number of primary amides is 1. The lowest BCUT2D eigenvalue weighted by Crippen LogP contribution is -2.11. The molecule has 0 aliphatic carbocycles. The second-order valence-corrected chi connectivity index (χ2v) is 3.15. The van der Waals surface area contributed by atoms with E-state index in [4.69, 9.17) is 33.7 Å². The lowest BCUT2D eigenvalue weighted by atomic mass is 10.2. The quantitative estimate of drug-likeness (QED) is 0.829. The summed E-state index contributed by atoms with van der Waals surface area (Å²) in [6.45, 7) is 0. The van der Waals surface area contributed by atoms with Crippen LogP contribution in [0.1, 0.15) is 10.4 Å². The molecule has 3 nitrogen and oxygen atoms in total. The monoisotopic (exact) mass is 219 g/mol. The highest BCUT2D eigenvalue weighted by Gasteiger charge is 2.11. The molecule has 0 aliphatic rings. The molecule has 13 heavy (non-hydrogen) atoms. The minimum absolute atomic E-state index is 0.197. The van der Waals surface area contributed by atoms with Gasteiger partial charge in [0.25, 0.3) is 0 Å². The number of halogens is 2. The molecule has 1 aromatic rings. The number of carbonyl (C=O) groups is 1. The summed E-state index contributed by atoms with van der Waals surface area (Å²) in [6, 6.07) is 2.83. The highest BCUT2D eigenvalue weighted by molar-refractivity contribution is 6.37. The van der Waals surface area contributed by atoms with Crippen LogP contribution < -0.4 is 10.5 Å². The van der Waals surface area contributed by atoms with Crippen LogP contribution in [0.5, 0.6) is 5.75 Å². The van der Waals surface area contributed by atoms with E-state index in [2.05, 4.69) is 0 Å². The summed E-state index contributed by atoms with van der Waals surface area (Å²) in [7, 11) is 1.44. The molecule has 0 atom stereocenters. The normalized spacial score (nSPS) is 9.77. The summed E-state index contributed by atoms with van der Waals surface area (Å²) in [5.74, 6) is -0.236. The van der Waals surface area contributed by atoms with E-state index in [0.29, 0.717) is 10.8 Å². The Morgan fingerprint density at radius 2 is 2.00 bits per heavy atom. The molecule has 0 aliphatic heterocycles. The molecule has 0 aromatic heterocycles. The van der Waals surface area contributed by atoms with Crippen LogP contribution in [0, 0.1) is 0 Å². The van der Waals surface area contributed by atoms with E-state index in [1.165, 1.54) is 19.2 Å². The maximum atomic E-state index is 10.8. The smallest absolute Gasteiger partial charge is 0.250 e. The maximum absolute atomic E-state index is 10.8. The molecule has 1 aromatic carbocycles. The summed E-state index contributed by atoms with van der Waals surface area (Å²) < 4.78 is 4.89. The van der Waals surface area contributed by atoms with Gasteiger partial charge in [-0.05, 0) is 12.1 Å². The highest BCUT2D eigenvalue weighted by Crippen LogP contribution is 2.30. The van der Waals surface area contributed by atoms with Gasteiger partial charge in [-0.3, -0.25) is 4.79 Å². The molecule has 5 heteroatoms. The lowest BCUT2D eigenvalue weighted by Gasteiger charge is -2.05. The maximum Gasteiger partial charge on any atom is 0.250 e. The standard InChI is InChI=1S/C8H7Cl2NO2/c1-13-7-2-4(8(11)12)5(9)3-6(7)10/h2-3H,1H3,(H2,11,12). The molecule has 0 heterocycles. The third-order valence-electron chi connectivity index (χ3n) is 1.51. The molecular weight excluding hydrogens is 213 g/mol. The minimum atomic E-state index is -0.611. The molecule has 0 fully saturated rings. The second-order valence-electron chi connectivity index (χ2n) is 2.33. The van der Waals surface area contributed by atoms with E-state index < -0.39 is 5.91 Å². The van der Waals surface area contributed by atoms with Crippen LogP contribution >= 0.6 is 23.2 Å². The van der Waals surface area contributed by atoms with Crippen molar-refractivity contribution in [2.45, 2.75) is 0 Å². The van der Waals surface area contributed by atoms with Crippen molar-refractivity contribution < 1.29 is 9.53 Å². The molecule has 0 bridgehead atoms. The zero-order chi connectivity index (χ0) is 10.0. The summed E-state index contributed by atoms with van der Waals surface area (Å²) in [4.78, 5) is 10.8. The third kappa shape index (κ3) is 2.05. The number of benzene rings is 1. The number of hydrogen-bond acceptors (Lipinski definition) is 2. The van der Waals surface area contributed by atoms with Gasteiger partial charge in [0, 0.05) is 0 Å². The lowest BCUT2D eigenvalue weighted by molar-refractivity contribution is 0.1000. The second kappa shape index (κ2) is 3.85. The molecule has 0 spiro atoms. The fourth-order valence-electron chi connectivity index (χ4n) is 0.874. The van der Waals surface area contributed by atoms with Gasteiger partial charge in [0.15, 0.2) is 0 Å². The predicted molar refractivity (Wildman–Crippen MR) is 51.5 cm³/mol. The van der Waals surface area contributed by atoms with Crippen molar-refractivity contribution in [1.82, 2.24) is 0 Å². The van der Waals surface area contributed by atoms with Gasteiger partial charge in [-0.1, -0.05) is 23.2 Å². The number of methoxy groups -OCH3 is 1. The molecule has 1 amide bonds. The van der Waals surface area contributed by atoms with E-state index in [0.717, 1.165) is 0 Å². The minimum Gasteiger partial charge on any atom is -0.495 e. The Labute approximate surface area is 85.4 Å². The van der Waals surface area contributed by atoms with E-state index in [1.807, 2.05) is 0 Å². The Hall–Kier alpha value is -0.930. The largest absolute Gasteiger partial charge is 0.495 e. The zero-order valence-electron chi connectivity index (χ0n) is 6.80.